The Kier molecular flexibility index (Phi) is 13.1. The van der Waals surface area contributed by atoms with E-state index in [1.54, 1.807) is 0 Å². The number of rotatable bonds is 2. The minimum atomic E-state index is -0.349. The van der Waals surface area contributed by atoms with Gasteiger partial charge in [-0.05, 0) is 225 Å². The number of hydrogen-bond acceptors (Lipinski definition) is 2. The van der Waals surface area contributed by atoms with Crippen molar-refractivity contribution in [1.82, 2.24) is 0 Å². The summed E-state index contributed by atoms with van der Waals surface area (Å²) in [6, 6.07) is 76.4. The van der Waals surface area contributed by atoms with Crippen molar-refractivity contribution in [3.05, 3.63) is 264 Å². The molecular formula is C82H70BBr3O2. The van der Waals surface area contributed by atoms with Crippen LogP contribution in [0.15, 0.2) is 220 Å². The second-order valence-electron chi connectivity index (χ2n) is 28.2. The van der Waals surface area contributed by atoms with Crippen LogP contribution in [-0.2, 0) is 31.0 Å². The molecule has 17 rings (SSSR count). The molecule has 1 saturated heterocycles. The first-order valence-corrected chi connectivity index (χ1v) is 33.4. The summed E-state index contributed by atoms with van der Waals surface area (Å²) in [5.74, 6) is 0. The van der Waals surface area contributed by atoms with Crippen LogP contribution in [0.25, 0.3) is 98.7 Å². The second-order valence-corrected chi connectivity index (χ2v) is 30.9. The lowest BCUT2D eigenvalue weighted by Crippen LogP contribution is -2.41. The van der Waals surface area contributed by atoms with Crippen molar-refractivity contribution < 1.29 is 9.31 Å². The Hall–Kier alpha value is -6.90. The highest BCUT2D eigenvalue weighted by Gasteiger charge is 2.52. The first-order valence-electron chi connectivity index (χ1n) is 31.0. The van der Waals surface area contributed by atoms with Crippen molar-refractivity contribution in [2.24, 2.45) is 0 Å². The molecule has 5 aliphatic rings. The third kappa shape index (κ3) is 8.51. The Labute approximate surface area is 544 Å². The van der Waals surface area contributed by atoms with Gasteiger partial charge in [0.15, 0.2) is 0 Å². The molecule has 0 amide bonds. The average Bonchev–Trinajstić information content (AvgIpc) is 1.56. The average molecular weight is 1340 g/mol. The van der Waals surface area contributed by atoms with Gasteiger partial charge >= 0.3 is 7.12 Å². The third-order valence-corrected chi connectivity index (χ3v) is 22.6. The quantitative estimate of drug-likeness (QED) is 0.127. The van der Waals surface area contributed by atoms with Crippen LogP contribution < -0.4 is 5.46 Å². The Balaban J connectivity index is 0.000000119. The van der Waals surface area contributed by atoms with E-state index in [9.17, 15) is 0 Å². The molecule has 434 valence electrons. The molecule has 0 atom stereocenters. The van der Waals surface area contributed by atoms with Crippen LogP contribution in [-0.4, -0.2) is 18.3 Å². The monoisotopic (exact) mass is 1330 g/mol. The van der Waals surface area contributed by atoms with Gasteiger partial charge in [0.05, 0.1) is 11.2 Å². The molecule has 2 nitrogen and oxygen atoms in total. The van der Waals surface area contributed by atoms with Gasteiger partial charge in [-0.25, -0.2) is 0 Å². The Morgan fingerprint density at radius 1 is 0.273 bits per heavy atom. The molecule has 0 N–H and O–H groups in total. The SMILES string of the molecule is CC1(C)c2cc(B3OC(C)(C)C(C)(C)O3)ccc2-c2c1c1ccccc1c1ccccc21.CC1(C)c2cc(Br)ccc2-c2ccc(-c3ccc4c(c3)C(C)(C)c3c-4c4ccccc4c4ccccc34)cc21.CC1(C)c2cc(Br)ccc2-c2ccc(Br)cc21. The predicted molar refractivity (Wildman–Crippen MR) is 384 cm³/mol. The Morgan fingerprint density at radius 2 is 0.557 bits per heavy atom. The standard InChI is InChI=1S/C38H29Br.C29H29BO2.C15H12Br2/c1-37(2)32-19-22(13-16-27(32)28-18-15-24(39)21-34(28)37)23-14-17-31-33(20-23)38(3,4)36-30-12-8-6-10-26(30)25-9-5-7-11-29(25)35(31)36;1-27(2)24-17-18(30-31-28(3,4)29(5,6)32-30)15-16-23(24)25-21-13-9-7-11-19(21)20-12-8-10-14-22(20)26(25)27;1-15(2)13-7-9(16)3-5-11(13)12-6-4-10(17)8-14(12)15/h5-21H,1-4H3;7-17H,1-6H3;3-8H,1-2H3. The van der Waals surface area contributed by atoms with Gasteiger partial charge in [-0.15, -0.1) is 0 Å². The molecule has 4 aliphatic carbocycles. The zero-order chi connectivity index (χ0) is 61.4. The summed E-state index contributed by atoms with van der Waals surface area (Å²) in [5.41, 5.74) is 25.0. The van der Waals surface area contributed by atoms with E-state index in [1.165, 1.54) is 143 Å². The number of halogens is 3. The summed E-state index contributed by atoms with van der Waals surface area (Å²) in [6.07, 6.45) is 0. The minimum Gasteiger partial charge on any atom is -0.399 e. The zero-order valence-corrected chi connectivity index (χ0v) is 56.9. The van der Waals surface area contributed by atoms with Crippen molar-refractivity contribution in [3.8, 4) is 55.6 Å². The molecule has 0 aromatic heterocycles. The first-order chi connectivity index (χ1) is 41.9. The zero-order valence-electron chi connectivity index (χ0n) is 52.2. The Bertz CT molecular complexity index is 4910. The molecule has 12 aromatic rings. The van der Waals surface area contributed by atoms with Gasteiger partial charge in [0.1, 0.15) is 0 Å². The van der Waals surface area contributed by atoms with E-state index >= 15 is 0 Å². The van der Waals surface area contributed by atoms with Crippen LogP contribution in [0.5, 0.6) is 0 Å². The molecule has 0 unspecified atom stereocenters. The van der Waals surface area contributed by atoms with Crippen LogP contribution >= 0.6 is 47.8 Å². The predicted octanol–water partition coefficient (Wildman–Crippen LogP) is 23.2. The van der Waals surface area contributed by atoms with E-state index in [1.807, 2.05) is 0 Å². The minimum absolute atomic E-state index is 0.0332. The van der Waals surface area contributed by atoms with Gasteiger partial charge in [-0.2, -0.15) is 0 Å². The number of benzene rings is 12. The molecule has 6 heteroatoms. The van der Waals surface area contributed by atoms with Crippen LogP contribution in [0.2, 0.25) is 0 Å². The topological polar surface area (TPSA) is 18.5 Å². The summed E-state index contributed by atoms with van der Waals surface area (Å²) < 4.78 is 16.2. The first kappa shape index (κ1) is 57.5. The molecular weight excluding hydrogens is 1270 g/mol. The molecule has 0 radical (unpaired) electrons. The largest absolute Gasteiger partial charge is 0.494 e. The smallest absolute Gasteiger partial charge is 0.399 e. The lowest BCUT2D eigenvalue weighted by Gasteiger charge is -2.32. The number of hydrogen-bond donors (Lipinski definition) is 0. The lowest BCUT2D eigenvalue weighted by atomic mass is 9.74. The molecule has 0 saturated carbocycles. The van der Waals surface area contributed by atoms with E-state index in [0.29, 0.717) is 0 Å². The molecule has 0 bridgehead atoms. The highest BCUT2D eigenvalue weighted by molar-refractivity contribution is 9.11. The fourth-order valence-corrected chi connectivity index (χ4v) is 16.9. The summed E-state index contributed by atoms with van der Waals surface area (Å²) in [5, 5.41) is 10.7. The third-order valence-electron chi connectivity index (χ3n) is 21.2. The van der Waals surface area contributed by atoms with E-state index < -0.39 is 0 Å². The molecule has 12 aromatic carbocycles. The van der Waals surface area contributed by atoms with E-state index in [0.717, 1.165) is 18.9 Å². The van der Waals surface area contributed by atoms with Crippen molar-refractivity contribution in [3.63, 3.8) is 0 Å². The van der Waals surface area contributed by atoms with Crippen LogP contribution in [0.4, 0.5) is 0 Å². The van der Waals surface area contributed by atoms with Crippen LogP contribution in [0.3, 0.4) is 0 Å². The highest BCUT2D eigenvalue weighted by Crippen LogP contribution is 2.58. The maximum Gasteiger partial charge on any atom is 0.494 e. The molecule has 1 fully saturated rings. The fraction of sp³-hybridized carbons (Fsp3) is 0.220. The molecule has 88 heavy (non-hydrogen) atoms. The van der Waals surface area contributed by atoms with Crippen molar-refractivity contribution in [2.75, 3.05) is 0 Å². The second kappa shape index (κ2) is 20.1. The maximum absolute atomic E-state index is 6.37. The van der Waals surface area contributed by atoms with E-state index in [2.05, 4.69) is 337 Å². The van der Waals surface area contributed by atoms with Crippen LogP contribution in [0, 0.1) is 0 Å². The fourth-order valence-electron chi connectivity index (χ4n) is 15.9. The van der Waals surface area contributed by atoms with Gasteiger partial charge in [0.2, 0.25) is 0 Å². The summed E-state index contributed by atoms with van der Waals surface area (Å²) in [7, 11) is -0.349. The summed E-state index contributed by atoms with van der Waals surface area (Å²) in [6.45, 7) is 27.2. The van der Waals surface area contributed by atoms with Gasteiger partial charge < -0.3 is 9.31 Å². The van der Waals surface area contributed by atoms with Crippen molar-refractivity contribution in [1.29, 1.82) is 0 Å². The van der Waals surface area contributed by atoms with Gasteiger partial charge in [0.25, 0.3) is 0 Å². The summed E-state index contributed by atoms with van der Waals surface area (Å²) >= 11 is 10.8. The normalized spacial score (nSPS) is 17.2. The van der Waals surface area contributed by atoms with E-state index in [4.69, 9.17) is 9.31 Å². The maximum atomic E-state index is 6.37. The Morgan fingerprint density at radius 3 is 0.943 bits per heavy atom. The molecule has 1 heterocycles. The van der Waals surface area contributed by atoms with Crippen molar-refractivity contribution in [2.45, 2.75) is 116 Å². The van der Waals surface area contributed by atoms with Crippen LogP contribution in [0.1, 0.15) is 128 Å². The summed E-state index contributed by atoms with van der Waals surface area (Å²) in [4.78, 5) is 0. The number of fused-ring (bicyclic) bond motifs is 22. The van der Waals surface area contributed by atoms with Crippen molar-refractivity contribution >= 4 is 103 Å². The molecule has 0 spiro atoms. The molecule has 1 aliphatic heterocycles. The highest BCUT2D eigenvalue weighted by atomic mass is 79.9. The van der Waals surface area contributed by atoms with E-state index in [-0.39, 0.29) is 40.0 Å². The van der Waals surface area contributed by atoms with Gasteiger partial charge in [-0.3, -0.25) is 0 Å². The van der Waals surface area contributed by atoms with Gasteiger partial charge in [0, 0.05) is 35.1 Å². The lowest BCUT2D eigenvalue weighted by molar-refractivity contribution is 0.00578. The van der Waals surface area contributed by atoms with Gasteiger partial charge in [-0.1, -0.05) is 261 Å².